The van der Waals surface area contributed by atoms with Gasteiger partial charge in [0.15, 0.2) is 11.6 Å². The number of carbonyl (C=O) groups excluding carboxylic acids is 1. The molecule has 0 aliphatic heterocycles. The third kappa shape index (κ3) is 2.47. The van der Waals surface area contributed by atoms with Crippen molar-refractivity contribution in [1.82, 2.24) is 5.32 Å². The Morgan fingerprint density at radius 3 is 2.50 bits per heavy atom. The number of amides is 2. The van der Waals surface area contributed by atoms with Gasteiger partial charge in [-0.15, -0.1) is 0 Å². The molecule has 0 bridgehead atoms. The van der Waals surface area contributed by atoms with E-state index in [1.54, 1.807) is 0 Å². The number of halogens is 2. The van der Waals surface area contributed by atoms with Crippen molar-refractivity contribution in [3.8, 4) is 0 Å². The van der Waals surface area contributed by atoms with Gasteiger partial charge in [-0.2, -0.15) is 0 Å². The molecule has 4 N–H and O–H groups in total. The molecule has 1 aromatic rings. The van der Waals surface area contributed by atoms with E-state index >= 15 is 0 Å². The van der Waals surface area contributed by atoms with Gasteiger partial charge in [0.2, 0.25) is 0 Å². The summed E-state index contributed by atoms with van der Waals surface area (Å²) in [7, 11) is 0. The molecule has 2 saturated carbocycles. The summed E-state index contributed by atoms with van der Waals surface area (Å²) in [6, 6.07) is 3.34. The molecule has 108 valence electrons. The van der Waals surface area contributed by atoms with E-state index in [4.69, 9.17) is 5.73 Å². The minimum atomic E-state index is -0.978. The predicted molar refractivity (Wildman–Crippen MR) is 71.2 cm³/mol. The molecular formula is C14H17F2N3O. The average molecular weight is 281 g/mol. The molecule has 1 spiro atoms. The van der Waals surface area contributed by atoms with Gasteiger partial charge >= 0.3 is 6.03 Å². The van der Waals surface area contributed by atoms with Crippen LogP contribution in [0.3, 0.4) is 0 Å². The smallest absolute Gasteiger partial charge is 0.319 e. The zero-order chi connectivity index (χ0) is 14.3. The SMILES string of the molecule is NC1CC2(C1)CC(NC(=O)Nc1ccc(F)c(F)c1)C2. The monoisotopic (exact) mass is 281 g/mol. The summed E-state index contributed by atoms with van der Waals surface area (Å²) in [5.74, 6) is -1.91. The van der Waals surface area contributed by atoms with Gasteiger partial charge in [-0.3, -0.25) is 0 Å². The van der Waals surface area contributed by atoms with Crippen LogP contribution < -0.4 is 16.4 Å². The minimum Gasteiger partial charge on any atom is -0.335 e. The molecule has 4 nitrogen and oxygen atoms in total. The molecule has 0 unspecified atom stereocenters. The Kier molecular flexibility index (Phi) is 3.12. The molecule has 2 amide bonds. The van der Waals surface area contributed by atoms with Crippen LogP contribution in [0.4, 0.5) is 19.3 Å². The van der Waals surface area contributed by atoms with Gasteiger partial charge in [-0.25, -0.2) is 13.6 Å². The zero-order valence-corrected chi connectivity index (χ0v) is 11.0. The van der Waals surface area contributed by atoms with E-state index in [1.165, 1.54) is 6.07 Å². The van der Waals surface area contributed by atoms with E-state index in [9.17, 15) is 13.6 Å². The van der Waals surface area contributed by atoms with Crippen LogP contribution in [-0.2, 0) is 0 Å². The quantitative estimate of drug-likeness (QED) is 0.779. The second-order valence-electron chi connectivity index (χ2n) is 6.00. The van der Waals surface area contributed by atoms with E-state index in [0.717, 1.165) is 37.8 Å². The predicted octanol–water partition coefficient (Wildman–Crippen LogP) is 2.36. The van der Waals surface area contributed by atoms with Crippen molar-refractivity contribution < 1.29 is 13.6 Å². The second kappa shape index (κ2) is 4.70. The Bertz CT molecular complexity index is 535. The van der Waals surface area contributed by atoms with Crippen LogP contribution in [0, 0.1) is 17.0 Å². The Morgan fingerprint density at radius 2 is 1.90 bits per heavy atom. The number of nitrogens with two attached hydrogens (primary N) is 1. The number of carbonyl (C=O) groups is 1. The van der Waals surface area contributed by atoms with Gasteiger partial charge in [0, 0.05) is 23.8 Å². The van der Waals surface area contributed by atoms with Gasteiger partial charge in [0.1, 0.15) is 0 Å². The molecule has 0 heterocycles. The maximum Gasteiger partial charge on any atom is 0.319 e. The first-order valence-corrected chi connectivity index (χ1v) is 6.74. The fourth-order valence-corrected chi connectivity index (χ4v) is 3.40. The van der Waals surface area contributed by atoms with Gasteiger partial charge in [-0.05, 0) is 43.2 Å². The van der Waals surface area contributed by atoms with Crippen molar-refractivity contribution >= 4 is 11.7 Å². The molecular weight excluding hydrogens is 264 g/mol. The largest absolute Gasteiger partial charge is 0.335 e. The van der Waals surface area contributed by atoms with Crippen molar-refractivity contribution in [3.63, 3.8) is 0 Å². The normalized spacial score (nSPS) is 31.4. The van der Waals surface area contributed by atoms with Gasteiger partial charge in [0.25, 0.3) is 0 Å². The van der Waals surface area contributed by atoms with Crippen molar-refractivity contribution in [3.05, 3.63) is 29.8 Å². The summed E-state index contributed by atoms with van der Waals surface area (Å²) in [5, 5.41) is 5.33. The average Bonchev–Trinajstić information content (AvgIpc) is 2.29. The topological polar surface area (TPSA) is 67.1 Å². The van der Waals surface area contributed by atoms with Crippen LogP contribution >= 0.6 is 0 Å². The highest BCUT2D eigenvalue weighted by molar-refractivity contribution is 5.89. The van der Waals surface area contributed by atoms with Crippen LogP contribution in [-0.4, -0.2) is 18.1 Å². The van der Waals surface area contributed by atoms with Gasteiger partial charge in [0.05, 0.1) is 0 Å². The van der Waals surface area contributed by atoms with Crippen LogP contribution in [0.25, 0.3) is 0 Å². The Morgan fingerprint density at radius 1 is 1.20 bits per heavy atom. The number of hydrogen-bond acceptors (Lipinski definition) is 2. The number of nitrogens with one attached hydrogen (secondary N) is 2. The summed E-state index contributed by atoms with van der Waals surface area (Å²) < 4.78 is 25.8. The summed E-state index contributed by atoms with van der Waals surface area (Å²) >= 11 is 0. The third-order valence-electron chi connectivity index (χ3n) is 4.26. The molecule has 0 aromatic heterocycles. The lowest BCUT2D eigenvalue weighted by Gasteiger charge is -2.56. The molecule has 20 heavy (non-hydrogen) atoms. The first-order valence-electron chi connectivity index (χ1n) is 6.74. The van der Waals surface area contributed by atoms with Gasteiger partial charge < -0.3 is 16.4 Å². The second-order valence-corrected chi connectivity index (χ2v) is 6.00. The molecule has 3 rings (SSSR count). The Labute approximate surface area is 115 Å². The molecule has 1 aromatic carbocycles. The van der Waals surface area contributed by atoms with E-state index in [2.05, 4.69) is 10.6 Å². The molecule has 2 fully saturated rings. The number of rotatable bonds is 2. The summed E-state index contributed by atoms with van der Waals surface area (Å²) in [6.45, 7) is 0. The first-order chi connectivity index (χ1) is 9.46. The Hall–Kier alpha value is -1.69. The highest BCUT2D eigenvalue weighted by Gasteiger charge is 2.52. The summed E-state index contributed by atoms with van der Waals surface area (Å²) in [4.78, 5) is 11.7. The lowest BCUT2D eigenvalue weighted by atomic mass is 9.52. The van der Waals surface area contributed by atoms with E-state index in [-0.39, 0.29) is 17.8 Å². The number of anilines is 1. The number of hydrogen-bond donors (Lipinski definition) is 3. The maximum atomic E-state index is 13.0. The number of urea groups is 1. The van der Waals surface area contributed by atoms with Crippen LogP contribution in [0.2, 0.25) is 0 Å². The lowest BCUT2D eigenvalue weighted by Crippen LogP contribution is -2.60. The first kappa shape index (κ1) is 13.3. The van der Waals surface area contributed by atoms with Crippen molar-refractivity contribution in [2.75, 3.05) is 5.32 Å². The van der Waals surface area contributed by atoms with E-state index in [1.807, 2.05) is 0 Å². The summed E-state index contributed by atoms with van der Waals surface area (Å²) in [6.07, 6.45) is 3.98. The van der Waals surface area contributed by atoms with Crippen LogP contribution in [0.15, 0.2) is 18.2 Å². The molecule has 0 saturated heterocycles. The minimum absolute atomic E-state index is 0.146. The maximum absolute atomic E-state index is 13.0. The standard InChI is InChI=1S/C14H17F2N3O/c15-11-2-1-9(3-12(11)16)18-13(20)19-10-6-14(7-10)4-8(17)5-14/h1-3,8,10H,4-7,17H2,(H2,18,19,20). The van der Waals surface area contributed by atoms with Crippen molar-refractivity contribution in [2.24, 2.45) is 11.1 Å². The molecule has 2 aliphatic carbocycles. The van der Waals surface area contributed by atoms with Crippen LogP contribution in [0.1, 0.15) is 25.7 Å². The molecule has 0 radical (unpaired) electrons. The molecule has 2 aliphatic rings. The molecule has 0 atom stereocenters. The van der Waals surface area contributed by atoms with Crippen molar-refractivity contribution in [1.29, 1.82) is 0 Å². The molecule has 6 heteroatoms. The fourth-order valence-electron chi connectivity index (χ4n) is 3.40. The highest BCUT2D eigenvalue weighted by atomic mass is 19.2. The van der Waals surface area contributed by atoms with E-state index in [0.29, 0.717) is 11.5 Å². The van der Waals surface area contributed by atoms with Crippen LogP contribution in [0.5, 0.6) is 0 Å². The van der Waals surface area contributed by atoms with Gasteiger partial charge in [-0.1, -0.05) is 0 Å². The fraction of sp³-hybridized carbons (Fsp3) is 0.500. The summed E-state index contributed by atoms with van der Waals surface area (Å²) in [5.41, 5.74) is 6.36. The third-order valence-corrected chi connectivity index (χ3v) is 4.26. The zero-order valence-electron chi connectivity index (χ0n) is 11.0. The van der Waals surface area contributed by atoms with Crippen molar-refractivity contribution in [2.45, 2.75) is 37.8 Å². The Balaban J connectivity index is 1.47. The number of benzene rings is 1. The lowest BCUT2D eigenvalue weighted by molar-refractivity contribution is -0.0134. The van der Waals surface area contributed by atoms with E-state index < -0.39 is 11.6 Å². The highest BCUT2D eigenvalue weighted by Crippen LogP contribution is 2.55.